The highest BCUT2D eigenvalue weighted by Crippen LogP contribution is 2.26. The van der Waals surface area contributed by atoms with Crippen LogP contribution in [0.3, 0.4) is 0 Å². The van der Waals surface area contributed by atoms with Gasteiger partial charge >= 0.3 is 0 Å². The summed E-state index contributed by atoms with van der Waals surface area (Å²) in [7, 11) is 0. The molecule has 0 spiro atoms. The van der Waals surface area contributed by atoms with Crippen LogP contribution in [0.5, 0.6) is 0 Å². The number of rotatable bonds is 6. The first-order valence-electron chi connectivity index (χ1n) is 9.26. The van der Waals surface area contributed by atoms with E-state index in [1.807, 2.05) is 4.90 Å². The van der Waals surface area contributed by atoms with E-state index in [0.717, 1.165) is 37.2 Å². The lowest BCUT2D eigenvalue weighted by Gasteiger charge is -2.34. The molecule has 1 fully saturated rings. The Labute approximate surface area is 167 Å². The molecule has 0 unspecified atom stereocenters. The van der Waals surface area contributed by atoms with E-state index in [-0.39, 0.29) is 16.8 Å². The van der Waals surface area contributed by atoms with Crippen LogP contribution in [-0.4, -0.2) is 40.5 Å². The monoisotopic (exact) mass is 406 g/mol. The standard InChI is InChI=1S/C19H23ClN4O4/c1-13(2)12-28-16-7-9-22(10-8-16)17-11-21-23(19(25)18(17)20)14-3-5-15(6-4-14)24(26)27/h3-6,11,13,16H,7-10,12H2,1-2H3. The molecule has 1 aromatic carbocycles. The van der Waals surface area contributed by atoms with Gasteiger partial charge in [0.25, 0.3) is 11.2 Å². The third-order valence-electron chi connectivity index (χ3n) is 4.65. The van der Waals surface area contributed by atoms with Crippen molar-refractivity contribution in [3.63, 3.8) is 0 Å². The molecule has 1 saturated heterocycles. The SMILES string of the molecule is CC(C)COC1CCN(c2cnn(-c3ccc([N+](=O)[O-])cc3)c(=O)c2Cl)CC1. The maximum atomic E-state index is 12.7. The summed E-state index contributed by atoms with van der Waals surface area (Å²) in [6.07, 6.45) is 3.54. The molecule has 1 aromatic heterocycles. The lowest BCUT2D eigenvalue weighted by molar-refractivity contribution is -0.384. The molecule has 1 aliphatic heterocycles. The Morgan fingerprint density at radius 3 is 2.50 bits per heavy atom. The van der Waals surface area contributed by atoms with Crippen molar-refractivity contribution in [2.45, 2.75) is 32.8 Å². The zero-order chi connectivity index (χ0) is 20.3. The van der Waals surface area contributed by atoms with Gasteiger partial charge in [0, 0.05) is 31.8 Å². The van der Waals surface area contributed by atoms with Crippen LogP contribution in [0.1, 0.15) is 26.7 Å². The molecule has 3 rings (SSSR count). The van der Waals surface area contributed by atoms with Gasteiger partial charge in [-0.1, -0.05) is 25.4 Å². The predicted molar refractivity (Wildman–Crippen MR) is 108 cm³/mol. The molecule has 9 heteroatoms. The number of hydrogen-bond acceptors (Lipinski definition) is 6. The first-order chi connectivity index (χ1) is 13.4. The molecule has 0 radical (unpaired) electrons. The zero-order valence-electron chi connectivity index (χ0n) is 15.9. The smallest absolute Gasteiger partial charge is 0.292 e. The van der Waals surface area contributed by atoms with Crippen LogP contribution in [0.25, 0.3) is 5.69 Å². The molecule has 0 N–H and O–H groups in total. The molecule has 0 saturated carbocycles. The summed E-state index contributed by atoms with van der Waals surface area (Å²) < 4.78 is 7.04. The number of non-ortho nitro benzene ring substituents is 1. The Morgan fingerprint density at radius 1 is 1.29 bits per heavy atom. The molecule has 28 heavy (non-hydrogen) atoms. The number of halogens is 1. The molecule has 8 nitrogen and oxygen atoms in total. The number of hydrogen-bond donors (Lipinski definition) is 0. The fourth-order valence-corrected chi connectivity index (χ4v) is 3.38. The summed E-state index contributed by atoms with van der Waals surface area (Å²) in [5, 5.41) is 15.1. The van der Waals surface area contributed by atoms with E-state index < -0.39 is 10.5 Å². The van der Waals surface area contributed by atoms with Gasteiger partial charge in [0.1, 0.15) is 5.02 Å². The Kier molecular flexibility index (Phi) is 6.31. The summed E-state index contributed by atoms with van der Waals surface area (Å²) in [5.74, 6) is 0.503. The van der Waals surface area contributed by atoms with E-state index in [1.165, 1.54) is 24.3 Å². The highest BCUT2D eigenvalue weighted by atomic mass is 35.5. The molecular weight excluding hydrogens is 384 g/mol. The van der Waals surface area contributed by atoms with Gasteiger partial charge in [-0.25, -0.2) is 0 Å². The van der Waals surface area contributed by atoms with E-state index in [9.17, 15) is 14.9 Å². The molecule has 2 heterocycles. The first kappa shape index (κ1) is 20.3. The molecule has 0 aliphatic carbocycles. The van der Waals surface area contributed by atoms with Crippen LogP contribution in [0.15, 0.2) is 35.3 Å². The minimum Gasteiger partial charge on any atom is -0.378 e. The van der Waals surface area contributed by atoms with Gasteiger partial charge in [0.15, 0.2) is 0 Å². The second-order valence-electron chi connectivity index (χ2n) is 7.25. The van der Waals surface area contributed by atoms with E-state index in [2.05, 4.69) is 18.9 Å². The van der Waals surface area contributed by atoms with E-state index in [0.29, 0.717) is 17.3 Å². The number of benzene rings is 1. The Morgan fingerprint density at radius 2 is 1.93 bits per heavy atom. The zero-order valence-corrected chi connectivity index (χ0v) is 16.6. The van der Waals surface area contributed by atoms with Crippen molar-refractivity contribution in [3.05, 3.63) is 56.0 Å². The second-order valence-corrected chi connectivity index (χ2v) is 7.63. The molecule has 150 valence electrons. The summed E-state index contributed by atoms with van der Waals surface area (Å²) >= 11 is 6.35. The summed E-state index contributed by atoms with van der Waals surface area (Å²) in [6, 6.07) is 5.60. The lowest BCUT2D eigenvalue weighted by Crippen LogP contribution is -2.38. The molecular formula is C19H23ClN4O4. The summed E-state index contributed by atoms with van der Waals surface area (Å²) in [4.78, 5) is 25.0. The maximum Gasteiger partial charge on any atom is 0.292 e. The predicted octanol–water partition coefficient (Wildman–Crippen LogP) is 3.44. The fourth-order valence-electron chi connectivity index (χ4n) is 3.14. The largest absolute Gasteiger partial charge is 0.378 e. The Hall–Kier alpha value is -2.45. The van der Waals surface area contributed by atoms with Gasteiger partial charge in [-0.05, 0) is 30.9 Å². The molecule has 1 aliphatic rings. The number of nitro groups is 1. The van der Waals surface area contributed by atoms with Crippen molar-refractivity contribution in [3.8, 4) is 5.69 Å². The maximum absolute atomic E-state index is 12.7. The topological polar surface area (TPSA) is 90.5 Å². The van der Waals surface area contributed by atoms with E-state index in [4.69, 9.17) is 16.3 Å². The number of nitrogens with zero attached hydrogens (tertiary/aromatic N) is 4. The normalized spacial score (nSPS) is 15.2. The van der Waals surface area contributed by atoms with Gasteiger partial charge in [-0.2, -0.15) is 9.78 Å². The summed E-state index contributed by atoms with van der Waals surface area (Å²) in [5.41, 5.74) is 0.519. The quantitative estimate of drug-likeness (QED) is 0.539. The van der Waals surface area contributed by atoms with E-state index in [1.54, 1.807) is 6.20 Å². The van der Waals surface area contributed by atoms with Crippen LogP contribution < -0.4 is 10.5 Å². The average molecular weight is 407 g/mol. The van der Waals surface area contributed by atoms with Crippen LogP contribution in [-0.2, 0) is 4.74 Å². The fraction of sp³-hybridized carbons (Fsp3) is 0.474. The highest BCUT2D eigenvalue weighted by molar-refractivity contribution is 6.33. The van der Waals surface area contributed by atoms with Crippen molar-refractivity contribution >= 4 is 23.0 Å². The molecule has 0 bridgehead atoms. The molecule has 0 atom stereocenters. The number of piperidine rings is 1. The molecule has 2 aromatic rings. The Balaban J connectivity index is 1.74. The van der Waals surface area contributed by atoms with Gasteiger partial charge in [-0.15, -0.1) is 0 Å². The third-order valence-corrected chi connectivity index (χ3v) is 5.01. The van der Waals surface area contributed by atoms with Gasteiger partial charge in [0.2, 0.25) is 0 Å². The van der Waals surface area contributed by atoms with Crippen molar-refractivity contribution in [2.24, 2.45) is 5.92 Å². The minimum atomic E-state index is -0.495. The average Bonchev–Trinajstić information content (AvgIpc) is 2.69. The van der Waals surface area contributed by atoms with E-state index >= 15 is 0 Å². The first-order valence-corrected chi connectivity index (χ1v) is 9.64. The van der Waals surface area contributed by atoms with Crippen LogP contribution >= 0.6 is 11.6 Å². The van der Waals surface area contributed by atoms with Crippen molar-refractivity contribution in [1.82, 2.24) is 9.78 Å². The summed E-state index contributed by atoms with van der Waals surface area (Å²) in [6.45, 7) is 6.48. The van der Waals surface area contributed by atoms with Crippen molar-refractivity contribution < 1.29 is 9.66 Å². The lowest BCUT2D eigenvalue weighted by atomic mass is 10.1. The van der Waals surface area contributed by atoms with Gasteiger partial charge in [-0.3, -0.25) is 14.9 Å². The number of ether oxygens (including phenoxy) is 1. The van der Waals surface area contributed by atoms with Crippen molar-refractivity contribution in [1.29, 1.82) is 0 Å². The van der Waals surface area contributed by atoms with Crippen LogP contribution in [0.4, 0.5) is 11.4 Å². The number of anilines is 1. The van der Waals surface area contributed by atoms with Crippen LogP contribution in [0, 0.1) is 16.0 Å². The van der Waals surface area contributed by atoms with Crippen LogP contribution in [0.2, 0.25) is 5.02 Å². The minimum absolute atomic E-state index is 0.0536. The van der Waals surface area contributed by atoms with Gasteiger partial charge in [0.05, 0.1) is 28.6 Å². The number of aromatic nitrogens is 2. The second kappa shape index (κ2) is 8.70. The molecule has 0 amide bonds. The Bertz CT molecular complexity index is 890. The third kappa shape index (κ3) is 4.51. The van der Waals surface area contributed by atoms with Gasteiger partial charge < -0.3 is 9.64 Å². The number of nitro benzene ring substituents is 1. The highest BCUT2D eigenvalue weighted by Gasteiger charge is 2.23. The van der Waals surface area contributed by atoms with Crippen molar-refractivity contribution in [2.75, 3.05) is 24.6 Å².